The van der Waals surface area contributed by atoms with E-state index >= 15 is 0 Å². The average molecular weight is 1330 g/mol. The summed E-state index contributed by atoms with van der Waals surface area (Å²) in [7, 11) is 12.2. The van der Waals surface area contributed by atoms with Crippen molar-refractivity contribution < 1.29 is 75.2 Å². The van der Waals surface area contributed by atoms with Gasteiger partial charge in [0, 0.05) is 124 Å². The molecule has 0 rings (SSSR count). The summed E-state index contributed by atoms with van der Waals surface area (Å²) in [5.74, 6) is 0.983. The number of guanidine groups is 1. The molecule has 0 unspecified atom stereocenters. The molecule has 19 heteroatoms. The first-order valence-corrected chi connectivity index (χ1v) is 42.4. The van der Waals surface area contributed by atoms with E-state index in [0.717, 1.165) is 149 Å². The van der Waals surface area contributed by atoms with Gasteiger partial charge in [-0.15, -0.1) is 0 Å². The molecule has 0 heterocycles. The summed E-state index contributed by atoms with van der Waals surface area (Å²) in [5.41, 5.74) is 0. The Balaban J connectivity index is -0.000000142. The Hall–Kier alpha value is 0.287. The van der Waals surface area contributed by atoms with E-state index in [1.807, 2.05) is 38.0 Å². The van der Waals surface area contributed by atoms with E-state index in [1.165, 1.54) is 77.0 Å². The molecule has 0 radical (unpaired) electrons. The Bertz CT molecular complexity index is 1090. The van der Waals surface area contributed by atoms with Crippen LogP contribution in [-0.2, 0) is 54.8 Å². The number of carbonyl (C=O) groups excluding carboxylic acids is 1. The molecular weight excluding hydrogens is 1190 g/mol. The van der Waals surface area contributed by atoms with E-state index in [2.05, 4.69) is 74.2 Å². The minimum absolute atomic E-state index is 0. The predicted molar refractivity (Wildman–Crippen MR) is 347 cm³/mol. The van der Waals surface area contributed by atoms with Gasteiger partial charge in [0.25, 0.3) is 0 Å². The van der Waals surface area contributed by atoms with Crippen LogP contribution in [0.3, 0.4) is 0 Å². The molecule has 15 nitrogen and oxygen atoms in total. The van der Waals surface area contributed by atoms with Crippen LogP contribution in [0.1, 0.15) is 255 Å². The predicted octanol–water partition coefficient (Wildman–Crippen LogP) is 15.5. The summed E-state index contributed by atoms with van der Waals surface area (Å²) >= 11 is -3.28. The number of hydrogen-bond donors (Lipinski definition) is 4. The maximum atomic E-state index is 12.6. The van der Waals surface area contributed by atoms with Crippen molar-refractivity contribution in [2.45, 2.75) is 282 Å². The van der Waals surface area contributed by atoms with E-state index in [-0.39, 0.29) is 27.7 Å². The van der Waals surface area contributed by atoms with Gasteiger partial charge in [-0.2, -0.15) is 0 Å². The Labute approximate surface area is 520 Å². The number of carbonyl (C=O) groups is 1. The van der Waals surface area contributed by atoms with Crippen molar-refractivity contribution in [1.29, 1.82) is 0 Å². The summed E-state index contributed by atoms with van der Waals surface area (Å²) in [6.45, 7) is 24.5. The molecule has 0 saturated heterocycles. The maximum Gasteiger partial charge on any atom is 0.500 e. The zero-order valence-electron chi connectivity index (χ0n) is 56.7. The van der Waals surface area contributed by atoms with Crippen molar-refractivity contribution in [2.24, 2.45) is 4.99 Å². The minimum atomic E-state index is -3.28. The number of nitrogens with zero attached hydrogens (tertiary/aromatic N) is 3. The fourth-order valence-corrected chi connectivity index (χ4v) is 22.5. The van der Waals surface area contributed by atoms with Crippen molar-refractivity contribution >= 4 is 48.5 Å². The van der Waals surface area contributed by atoms with Crippen molar-refractivity contribution in [3.63, 3.8) is 0 Å². The molecule has 0 fully saturated rings. The van der Waals surface area contributed by atoms with Crippen LogP contribution in [0.2, 0.25) is 27.0 Å². The Morgan fingerprint density at radius 3 is 1.06 bits per heavy atom. The van der Waals surface area contributed by atoms with Crippen LogP contribution in [-0.4, -0.2) is 182 Å². The van der Waals surface area contributed by atoms with Gasteiger partial charge in [0.1, 0.15) is 0 Å². The fraction of sp³-hybridized carbons (Fsp3) is 0.967. The molecule has 0 aromatic rings. The van der Waals surface area contributed by atoms with Crippen LogP contribution in [0, 0.1) is 0 Å². The summed E-state index contributed by atoms with van der Waals surface area (Å²) in [6, 6.07) is 3.07. The van der Waals surface area contributed by atoms with Crippen LogP contribution in [0.5, 0.6) is 0 Å². The van der Waals surface area contributed by atoms with Gasteiger partial charge >= 0.3 is 199 Å². The SMILES string of the molecule is CCCCCCCC[O][Sn]([CH2]CCC)([CH2]CCC)[O]C(=O)CCCCCCC.CCCCO.CCCCO.CCCCO.CCCCO.CCCC[Si](CCCC)(OC)OC.CO[Si](CCCN=C(N(C)C)N(C)C)(OC)OC.[Ti]. The Morgan fingerprint density at radius 2 is 0.762 bits per heavy atom. The van der Waals surface area contributed by atoms with Gasteiger partial charge in [0.2, 0.25) is 0 Å². The number of aliphatic imine (C=N–C) groups is 1. The van der Waals surface area contributed by atoms with Gasteiger partial charge in [-0.3, -0.25) is 4.99 Å². The van der Waals surface area contributed by atoms with Crippen molar-refractivity contribution in [1.82, 2.24) is 9.80 Å². The Kier molecular flexibility index (Phi) is 95.7. The van der Waals surface area contributed by atoms with Gasteiger partial charge in [-0.25, -0.2) is 0 Å². The first-order chi connectivity index (χ1) is 38.0. The van der Waals surface area contributed by atoms with E-state index in [9.17, 15) is 4.79 Å². The van der Waals surface area contributed by atoms with Gasteiger partial charge in [-0.1, -0.05) is 92.9 Å². The molecular formula is C61H141N3O12Si2SnTi. The second-order valence-corrected chi connectivity index (χ2v) is 36.8. The van der Waals surface area contributed by atoms with Crippen molar-refractivity contribution in [3.8, 4) is 0 Å². The monoisotopic (exact) mass is 1330 g/mol. The molecule has 0 amide bonds. The molecule has 4 N–H and O–H groups in total. The molecule has 0 spiro atoms. The molecule has 80 heavy (non-hydrogen) atoms. The van der Waals surface area contributed by atoms with Crippen molar-refractivity contribution in [2.75, 3.05) is 103 Å². The van der Waals surface area contributed by atoms with E-state index in [4.69, 9.17) is 48.7 Å². The van der Waals surface area contributed by atoms with Crippen molar-refractivity contribution in [3.05, 3.63) is 0 Å². The van der Waals surface area contributed by atoms with Crippen LogP contribution in [0.15, 0.2) is 4.99 Å². The molecule has 0 aromatic heterocycles. The zero-order chi connectivity index (χ0) is 61.8. The number of unbranched alkanes of at least 4 members (excludes halogenated alkanes) is 17. The summed E-state index contributed by atoms with van der Waals surface area (Å²) in [4.78, 5) is 21.1. The van der Waals surface area contributed by atoms with E-state index in [1.54, 1.807) is 35.5 Å². The first-order valence-electron chi connectivity index (χ1n) is 31.9. The standard InChI is InChI=1S/C11H27N3O3Si.C10H24O2Si.C8H16O2.C8H17O.4C4H10O.2C4H9.Sn.Ti/c1-13(2)11(14(3)4)12-9-8-10-18(15-5,16-6)17-7;1-5-7-9-13(11-3,12-4)10-8-6-2;1-2-3-4-5-6-7-8(9)10;1-2-3-4-5-6-7-8-9;4*1-2-3-4-5;2*1-3-4-2;;/h8-10H2,1-7H3;5-10H2,1-4H3;2-7H2,1H3,(H,9,10);2-8H2,1H3;4*5H,2-4H2,1H3;2*1,3-4H2,2H3;;/q;;;-1;;;;;;;+2;/p-1. The number of hydrogen-bond acceptors (Lipinski definition) is 13. The number of aliphatic hydroxyl groups excluding tert-OH is 4. The van der Waals surface area contributed by atoms with Crippen LogP contribution < -0.4 is 0 Å². The maximum absolute atomic E-state index is 12.6. The largest absolute Gasteiger partial charge is 0.500 e. The number of aliphatic hydroxyl groups is 4. The third kappa shape index (κ3) is 70.8. The second-order valence-electron chi connectivity index (χ2n) is 20.6. The number of rotatable bonds is 44. The molecule has 0 aliphatic carbocycles. The fourth-order valence-electron chi connectivity index (χ4n) is 7.42. The van der Waals surface area contributed by atoms with Crippen LogP contribution in [0.4, 0.5) is 0 Å². The summed E-state index contributed by atoms with van der Waals surface area (Å²) in [6.07, 6.45) is 32.6. The zero-order valence-corrected chi connectivity index (χ0v) is 63.1. The molecule has 0 atom stereocenters. The first kappa shape index (κ1) is 96.6. The molecule has 0 aliphatic heterocycles. The van der Waals surface area contributed by atoms with Crippen LogP contribution >= 0.6 is 0 Å². The van der Waals surface area contributed by atoms with Crippen LogP contribution in [0.25, 0.3) is 0 Å². The quantitative estimate of drug-likeness (QED) is 0.0196. The van der Waals surface area contributed by atoms with Gasteiger partial charge in [0.05, 0.1) is 0 Å². The second kappa shape index (κ2) is 79.3. The molecule has 488 valence electrons. The van der Waals surface area contributed by atoms with Gasteiger partial charge in [-0.05, 0) is 44.2 Å². The van der Waals surface area contributed by atoms with Gasteiger partial charge in [0.15, 0.2) is 5.96 Å². The topological polar surface area (TPSA) is 181 Å². The molecule has 0 saturated carbocycles. The van der Waals surface area contributed by atoms with E-state index < -0.39 is 36.6 Å². The molecule has 0 bridgehead atoms. The minimum Gasteiger partial charge on any atom is -0.398 e. The molecule has 0 aromatic carbocycles. The Morgan fingerprint density at radius 1 is 0.425 bits per heavy atom. The summed E-state index contributed by atoms with van der Waals surface area (Å²) in [5, 5.41) is 32.3. The average Bonchev–Trinajstić information content (AvgIpc) is 3.44. The third-order valence-corrected chi connectivity index (χ3v) is 29.4. The third-order valence-electron chi connectivity index (χ3n) is 12.7. The normalized spacial score (nSPS) is 10.7. The van der Waals surface area contributed by atoms with E-state index in [0.29, 0.717) is 32.8 Å². The van der Waals surface area contributed by atoms with Gasteiger partial charge < -0.3 is 52.4 Å². The molecule has 0 aliphatic rings. The summed E-state index contributed by atoms with van der Waals surface area (Å²) < 4.78 is 42.2. The smallest absolute Gasteiger partial charge is 0.398 e.